The summed E-state index contributed by atoms with van der Waals surface area (Å²) in [7, 11) is -1.64. The van der Waals surface area contributed by atoms with Crippen LogP contribution in [0.4, 0.5) is 0 Å². The smallest absolute Gasteiger partial charge is 0.230 e. The lowest BCUT2D eigenvalue weighted by Gasteiger charge is -2.08. The Kier molecular flexibility index (Phi) is 4.75. The number of hydrogen-bond acceptors (Lipinski definition) is 7. The van der Waals surface area contributed by atoms with Gasteiger partial charge in [0.1, 0.15) is 0 Å². The zero-order valence-corrected chi connectivity index (χ0v) is 6.37. The minimum atomic E-state index is -3.87. The third-order valence-corrected chi connectivity index (χ3v) is 1.38. The number of rotatable bonds is 5. The van der Waals surface area contributed by atoms with Crippen molar-refractivity contribution in [3.63, 3.8) is 0 Å². The summed E-state index contributed by atoms with van der Waals surface area (Å²) in [5.74, 6) is 4.51. The van der Waals surface area contributed by atoms with Gasteiger partial charge in [-0.1, -0.05) is 0 Å². The first-order valence-corrected chi connectivity index (χ1v) is 3.58. The lowest BCUT2D eigenvalue weighted by atomic mass is 11.8. The highest BCUT2D eigenvalue weighted by Crippen LogP contribution is 2.47. The Labute approximate surface area is 57.4 Å². The Hall–Kier alpha value is -0.0100. The standard InChI is InChI=1S/C2H8NO6P/c1-5-8-10(4,7-3)9-6-2/h3H2,1-2H3. The maximum Gasteiger partial charge on any atom is 0.545 e. The van der Waals surface area contributed by atoms with E-state index >= 15 is 0 Å². The molecule has 0 saturated carbocycles. The van der Waals surface area contributed by atoms with Gasteiger partial charge in [0.25, 0.3) is 0 Å². The first-order chi connectivity index (χ1) is 4.68. The zero-order valence-electron chi connectivity index (χ0n) is 5.47. The van der Waals surface area contributed by atoms with Gasteiger partial charge < -0.3 is 0 Å². The quantitative estimate of drug-likeness (QED) is 0.359. The fourth-order valence-electron chi connectivity index (χ4n) is 0.230. The fourth-order valence-corrected chi connectivity index (χ4v) is 0.690. The van der Waals surface area contributed by atoms with Gasteiger partial charge in [0.15, 0.2) is 0 Å². The third kappa shape index (κ3) is 3.23. The molecule has 0 aromatic heterocycles. The summed E-state index contributed by atoms with van der Waals surface area (Å²) in [5.41, 5.74) is 0. The van der Waals surface area contributed by atoms with Crippen LogP contribution in [-0.4, -0.2) is 14.2 Å². The van der Waals surface area contributed by atoms with E-state index < -0.39 is 7.82 Å². The molecule has 0 aliphatic carbocycles. The summed E-state index contributed by atoms with van der Waals surface area (Å²) in [6, 6.07) is 0. The van der Waals surface area contributed by atoms with Crippen LogP contribution >= 0.6 is 7.82 Å². The van der Waals surface area contributed by atoms with Crippen LogP contribution in [0.2, 0.25) is 0 Å². The largest absolute Gasteiger partial charge is 0.545 e. The predicted molar refractivity (Wildman–Crippen MR) is 29.1 cm³/mol. The first-order valence-electron chi connectivity index (χ1n) is 2.12. The second-order valence-corrected chi connectivity index (χ2v) is 2.44. The Morgan fingerprint density at radius 1 is 1.20 bits per heavy atom. The molecule has 0 rings (SSSR count). The molecule has 0 heterocycles. The normalized spacial score (nSPS) is 11.9. The van der Waals surface area contributed by atoms with Crippen molar-refractivity contribution < 1.29 is 28.3 Å². The van der Waals surface area contributed by atoms with Crippen molar-refractivity contribution in [2.45, 2.75) is 0 Å². The molecular formula is C2H8NO6P. The summed E-state index contributed by atoms with van der Waals surface area (Å²) in [6.07, 6.45) is 0. The molecule has 0 fully saturated rings. The van der Waals surface area contributed by atoms with Crippen LogP contribution in [0.25, 0.3) is 0 Å². The van der Waals surface area contributed by atoms with Crippen LogP contribution < -0.4 is 5.90 Å². The van der Waals surface area contributed by atoms with Crippen molar-refractivity contribution in [3.8, 4) is 0 Å². The molecule has 0 aromatic carbocycles. The van der Waals surface area contributed by atoms with E-state index in [0.717, 1.165) is 14.2 Å². The van der Waals surface area contributed by atoms with E-state index in [2.05, 4.69) is 29.6 Å². The van der Waals surface area contributed by atoms with E-state index in [9.17, 15) is 4.57 Å². The minimum absolute atomic E-state index is 1.12. The van der Waals surface area contributed by atoms with Crippen molar-refractivity contribution >= 4 is 7.82 Å². The molecule has 10 heavy (non-hydrogen) atoms. The molecule has 0 amide bonds. The summed E-state index contributed by atoms with van der Waals surface area (Å²) in [5, 5.41) is 0. The summed E-state index contributed by atoms with van der Waals surface area (Å²) in [6.45, 7) is 0. The molecule has 0 spiro atoms. The maximum atomic E-state index is 10.7. The van der Waals surface area contributed by atoms with Crippen molar-refractivity contribution in [1.29, 1.82) is 0 Å². The van der Waals surface area contributed by atoms with Gasteiger partial charge in [0.2, 0.25) is 0 Å². The molecule has 0 atom stereocenters. The third-order valence-electron chi connectivity index (χ3n) is 0.461. The molecule has 8 heteroatoms. The van der Waals surface area contributed by atoms with Gasteiger partial charge in [-0.3, -0.25) is 0 Å². The van der Waals surface area contributed by atoms with Crippen LogP contribution in [-0.2, 0) is 28.3 Å². The predicted octanol–water partition coefficient (Wildman–Crippen LogP) is 0.141. The zero-order chi connectivity index (χ0) is 8.04. The monoisotopic (exact) mass is 173 g/mol. The molecule has 0 saturated heterocycles. The van der Waals surface area contributed by atoms with E-state index in [4.69, 9.17) is 0 Å². The summed E-state index contributed by atoms with van der Waals surface area (Å²) in [4.78, 5) is 7.95. The van der Waals surface area contributed by atoms with Crippen LogP contribution in [0, 0.1) is 0 Å². The van der Waals surface area contributed by atoms with Crippen LogP contribution in [0.15, 0.2) is 0 Å². The Morgan fingerprint density at radius 3 is 1.80 bits per heavy atom. The molecule has 0 radical (unpaired) electrons. The lowest BCUT2D eigenvalue weighted by Crippen LogP contribution is -2.03. The van der Waals surface area contributed by atoms with Gasteiger partial charge in [0, 0.05) is 0 Å². The molecule has 0 aliphatic rings. The molecule has 0 unspecified atom stereocenters. The van der Waals surface area contributed by atoms with E-state index in [1.807, 2.05) is 0 Å². The summed E-state index contributed by atoms with van der Waals surface area (Å²) >= 11 is 0. The van der Waals surface area contributed by atoms with Crippen LogP contribution in [0.5, 0.6) is 0 Å². The molecular weight excluding hydrogens is 165 g/mol. The highest BCUT2D eigenvalue weighted by molar-refractivity contribution is 7.48. The molecule has 0 aliphatic heterocycles. The highest BCUT2D eigenvalue weighted by Gasteiger charge is 2.28. The number of hydrogen-bond donors (Lipinski definition) is 1. The van der Waals surface area contributed by atoms with E-state index in [0.29, 0.717) is 0 Å². The van der Waals surface area contributed by atoms with E-state index in [1.54, 1.807) is 0 Å². The molecule has 0 bridgehead atoms. The number of phosphoric acid groups is 1. The van der Waals surface area contributed by atoms with Gasteiger partial charge in [-0.2, -0.15) is 4.62 Å². The van der Waals surface area contributed by atoms with Crippen molar-refractivity contribution in [2.24, 2.45) is 5.90 Å². The topological polar surface area (TPSA) is 89.2 Å². The number of nitrogens with two attached hydrogens (primary N) is 1. The van der Waals surface area contributed by atoms with Gasteiger partial charge >= 0.3 is 7.82 Å². The van der Waals surface area contributed by atoms with Crippen LogP contribution in [0.1, 0.15) is 0 Å². The second kappa shape index (κ2) is 4.75. The van der Waals surface area contributed by atoms with E-state index in [1.165, 1.54) is 0 Å². The fraction of sp³-hybridized carbons (Fsp3) is 1.00. The minimum Gasteiger partial charge on any atom is -0.230 e. The molecule has 2 N–H and O–H groups in total. The molecule has 7 nitrogen and oxygen atoms in total. The first kappa shape index (κ1) is 9.99. The summed E-state index contributed by atoms with van der Waals surface area (Å²) < 4.78 is 22.5. The van der Waals surface area contributed by atoms with Gasteiger partial charge in [-0.25, -0.2) is 20.2 Å². The van der Waals surface area contributed by atoms with Crippen LogP contribution in [0.3, 0.4) is 0 Å². The van der Waals surface area contributed by atoms with Gasteiger partial charge in [-0.15, -0.1) is 9.35 Å². The van der Waals surface area contributed by atoms with Gasteiger partial charge in [0.05, 0.1) is 14.2 Å². The molecule has 0 aromatic rings. The van der Waals surface area contributed by atoms with E-state index in [-0.39, 0.29) is 0 Å². The lowest BCUT2D eigenvalue weighted by molar-refractivity contribution is -0.259. The second-order valence-electron chi connectivity index (χ2n) is 1.04. The average molecular weight is 173 g/mol. The average Bonchev–Trinajstić information content (AvgIpc) is 1.89. The van der Waals surface area contributed by atoms with Gasteiger partial charge in [-0.05, 0) is 0 Å². The highest BCUT2D eigenvalue weighted by atomic mass is 31.2. The maximum absolute atomic E-state index is 10.7. The Morgan fingerprint density at radius 2 is 1.60 bits per heavy atom. The SMILES string of the molecule is COOP(=O)(ON)OOC. The van der Waals surface area contributed by atoms with Crippen molar-refractivity contribution in [1.82, 2.24) is 0 Å². The van der Waals surface area contributed by atoms with Crippen molar-refractivity contribution in [2.75, 3.05) is 14.2 Å². The Bertz CT molecular complexity index is 117. The Balaban J connectivity index is 3.83. The van der Waals surface area contributed by atoms with Crippen molar-refractivity contribution in [3.05, 3.63) is 0 Å². The molecule has 62 valence electrons.